The molecule has 1 atom stereocenters. The number of pyridine rings is 1. The Morgan fingerprint density at radius 1 is 1.42 bits per heavy atom. The molecule has 1 N–H and O–H groups in total. The Morgan fingerprint density at radius 2 is 2.11 bits per heavy atom. The second-order valence-electron chi connectivity index (χ2n) is 6.78. The highest BCUT2D eigenvalue weighted by molar-refractivity contribution is 5.47. The first-order valence-corrected chi connectivity index (χ1v) is 7.30. The lowest BCUT2D eigenvalue weighted by Gasteiger charge is -2.29. The van der Waals surface area contributed by atoms with Crippen molar-refractivity contribution >= 4 is 5.82 Å². The molecule has 1 aliphatic carbocycles. The van der Waals surface area contributed by atoms with Crippen LogP contribution in [0.1, 0.15) is 46.1 Å². The van der Waals surface area contributed by atoms with Gasteiger partial charge in [0, 0.05) is 36.9 Å². The molecule has 0 amide bonds. The Balaban J connectivity index is 2.10. The first kappa shape index (κ1) is 14.3. The molecule has 1 aliphatic rings. The van der Waals surface area contributed by atoms with Crippen LogP contribution in [0.3, 0.4) is 0 Å². The summed E-state index contributed by atoms with van der Waals surface area (Å²) in [6.07, 6.45) is 4.63. The predicted octanol–water partition coefficient (Wildman–Crippen LogP) is 3.20. The molecule has 3 heteroatoms. The van der Waals surface area contributed by atoms with Crippen LogP contribution in [0, 0.1) is 5.92 Å². The summed E-state index contributed by atoms with van der Waals surface area (Å²) in [5, 5.41) is 3.55. The van der Waals surface area contributed by atoms with E-state index in [-0.39, 0.29) is 5.54 Å². The summed E-state index contributed by atoms with van der Waals surface area (Å²) in [5.74, 6) is 1.98. The highest BCUT2D eigenvalue weighted by Crippen LogP contribution is 2.36. The van der Waals surface area contributed by atoms with Crippen molar-refractivity contribution in [3.8, 4) is 0 Å². The Bertz CT molecular complexity index is 418. The van der Waals surface area contributed by atoms with Crippen molar-refractivity contribution in [1.82, 2.24) is 10.3 Å². The third-order valence-electron chi connectivity index (χ3n) is 3.93. The predicted molar refractivity (Wildman–Crippen MR) is 81.4 cm³/mol. The SMILES string of the molecule is CC(C1CC1)N(C)c1ncccc1CNC(C)(C)C. The second kappa shape index (κ2) is 5.49. The van der Waals surface area contributed by atoms with Crippen LogP contribution in [0.5, 0.6) is 0 Å². The summed E-state index contributed by atoms with van der Waals surface area (Å²) >= 11 is 0. The van der Waals surface area contributed by atoms with Crippen LogP contribution in [0.4, 0.5) is 5.82 Å². The fourth-order valence-electron chi connectivity index (χ4n) is 2.33. The van der Waals surface area contributed by atoms with Crippen molar-refractivity contribution in [3.05, 3.63) is 23.9 Å². The first-order chi connectivity index (χ1) is 8.88. The smallest absolute Gasteiger partial charge is 0.132 e. The molecule has 106 valence electrons. The van der Waals surface area contributed by atoms with Gasteiger partial charge in [-0.15, -0.1) is 0 Å². The van der Waals surface area contributed by atoms with Gasteiger partial charge in [-0.25, -0.2) is 4.98 Å². The van der Waals surface area contributed by atoms with Crippen LogP contribution in [-0.4, -0.2) is 23.6 Å². The van der Waals surface area contributed by atoms with E-state index in [1.54, 1.807) is 0 Å². The molecule has 2 rings (SSSR count). The minimum absolute atomic E-state index is 0.133. The first-order valence-electron chi connectivity index (χ1n) is 7.30. The van der Waals surface area contributed by atoms with E-state index in [2.05, 4.69) is 56.0 Å². The molecule has 1 fully saturated rings. The number of anilines is 1. The van der Waals surface area contributed by atoms with Gasteiger partial charge in [0.1, 0.15) is 5.82 Å². The van der Waals surface area contributed by atoms with E-state index in [0.29, 0.717) is 6.04 Å². The van der Waals surface area contributed by atoms with Gasteiger partial charge in [0.2, 0.25) is 0 Å². The van der Waals surface area contributed by atoms with E-state index in [4.69, 9.17) is 0 Å². The van der Waals surface area contributed by atoms with Gasteiger partial charge in [0.05, 0.1) is 0 Å². The number of hydrogen-bond acceptors (Lipinski definition) is 3. The lowest BCUT2D eigenvalue weighted by Crippen LogP contribution is -2.37. The van der Waals surface area contributed by atoms with Gasteiger partial charge in [-0.3, -0.25) is 0 Å². The number of hydrogen-bond donors (Lipinski definition) is 1. The summed E-state index contributed by atoms with van der Waals surface area (Å²) < 4.78 is 0. The standard InChI is InChI=1S/C16H27N3/c1-12(13-8-9-13)19(5)15-14(7-6-10-17-15)11-18-16(2,3)4/h6-7,10,12-13,18H,8-9,11H2,1-5H3. The maximum atomic E-state index is 4.60. The second-order valence-corrected chi connectivity index (χ2v) is 6.78. The Kier molecular flexibility index (Phi) is 4.14. The highest BCUT2D eigenvalue weighted by Gasteiger charge is 2.31. The normalized spacial score (nSPS) is 17.3. The molecule has 19 heavy (non-hydrogen) atoms. The van der Waals surface area contributed by atoms with Crippen molar-refractivity contribution in [1.29, 1.82) is 0 Å². The van der Waals surface area contributed by atoms with Gasteiger partial charge in [-0.2, -0.15) is 0 Å². The monoisotopic (exact) mass is 261 g/mol. The summed E-state index contributed by atoms with van der Waals surface area (Å²) in [6, 6.07) is 4.79. The lowest BCUT2D eigenvalue weighted by molar-refractivity contribution is 0.423. The maximum Gasteiger partial charge on any atom is 0.132 e. The quantitative estimate of drug-likeness (QED) is 0.882. The van der Waals surface area contributed by atoms with Crippen LogP contribution in [0.25, 0.3) is 0 Å². The van der Waals surface area contributed by atoms with E-state index in [1.165, 1.54) is 18.4 Å². The number of rotatable bonds is 5. The van der Waals surface area contributed by atoms with E-state index in [9.17, 15) is 0 Å². The van der Waals surface area contributed by atoms with Gasteiger partial charge >= 0.3 is 0 Å². The third-order valence-corrected chi connectivity index (χ3v) is 3.93. The number of aromatic nitrogens is 1. The van der Waals surface area contributed by atoms with E-state index >= 15 is 0 Å². The molecule has 1 saturated carbocycles. The minimum atomic E-state index is 0.133. The van der Waals surface area contributed by atoms with Gasteiger partial charge < -0.3 is 10.2 Å². The van der Waals surface area contributed by atoms with Gasteiger partial charge in [0.25, 0.3) is 0 Å². The van der Waals surface area contributed by atoms with Crippen LogP contribution < -0.4 is 10.2 Å². The average molecular weight is 261 g/mol. The summed E-state index contributed by atoms with van der Waals surface area (Å²) in [5.41, 5.74) is 1.42. The van der Waals surface area contributed by atoms with E-state index in [0.717, 1.165) is 18.3 Å². The average Bonchev–Trinajstić information content (AvgIpc) is 3.18. The van der Waals surface area contributed by atoms with Crippen molar-refractivity contribution < 1.29 is 0 Å². The summed E-state index contributed by atoms with van der Waals surface area (Å²) in [4.78, 5) is 6.94. The molecule has 1 aromatic rings. The Hall–Kier alpha value is -1.09. The van der Waals surface area contributed by atoms with Crippen molar-refractivity contribution in [2.75, 3.05) is 11.9 Å². The van der Waals surface area contributed by atoms with Crippen LogP contribution in [-0.2, 0) is 6.54 Å². The molecular formula is C16H27N3. The molecule has 1 heterocycles. The minimum Gasteiger partial charge on any atom is -0.356 e. The van der Waals surface area contributed by atoms with Crippen LogP contribution in [0.15, 0.2) is 18.3 Å². The zero-order valence-electron chi connectivity index (χ0n) is 12.9. The molecule has 0 bridgehead atoms. The third kappa shape index (κ3) is 3.93. The van der Waals surface area contributed by atoms with Crippen LogP contribution in [0.2, 0.25) is 0 Å². The van der Waals surface area contributed by atoms with E-state index in [1.807, 2.05) is 12.3 Å². The molecule has 1 aromatic heterocycles. The number of nitrogens with one attached hydrogen (secondary N) is 1. The summed E-state index contributed by atoms with van der Waals surface area (Å²) in [7, 11) is 2.17. The van der Waals surface area contributed by atoms with Crippen molar-refractivity contribution in [3.63, 3.8) is 0 Å². The molecule has 3 nitrogen and oxygen atoms in total. The van der Waals surface area contributed by atoms with Crippen molar-refractivity contribution in [2.24, 2.45) is 5.92 Å². The lowest BCUT2D eigenvalue weighted by atomic mass is 10.1. The zero-order chi connectivity index (χ0) is 14.0. The maximum absolute atomic E-state index is 4.60. The molecule has 0 aliphatic heterocycles. The Labute approximate surface area is 117 Å². The largest absolute Gasteiger partial charge is 0.356 e. The highest BCUT2D eigenvalue weighted by atomic mass is 15.2. The summed E-state index contributed by atoms with van der Waals surface area (Å²) in [6.45, 7) is 9.76. The van der Waals surface area contributed by atoms with Gasteiger partial charge in [-0.05, 0) is 52.5 Å². The molecule has 0 saturated heterocycles. The molecule has 0 radical (unpaired) electrons. The van der Waals surface area contributed by atoms with Crippen molar-refractivity contribution in [2.45, 2.75) is 58.7 Å². The molecule has 0 spiro atoms. The molecular weight excluding hydrogens is 234 g/mol. The Morgan fingerprint density at radius 3 is 2.68 bits per heavy atom. The van der Waals surface area contributed by atoms with Gasteiger partial charge in [0.15, 0.2) is 0 Å². The van der Waals surface area contributed by atoms with Crippen LogP contribution >= 0.6 is 0 Å². The zero-order valence-corrected chi connectivity index (χ0v) is 12.9. The fraction of sp³-hybridized carbons (Fsp3) is 0.688. The van der Waals surface area contributed by atoms with E-state index < -0.39 is 0 Å². The number of nitrogens with zero attached hydrogens (tertiary/aromatic N) is 2. The topological polar surface area (TPSA) is 28.2 Å². The molecule has 1 unspecified atom stereocenters. The fourth-order valence-corrected chi connectivity index (χ4v) is 2.33. The van der Waals surface area contributed by atoms with Gasteiger partial charge in [-0.1, -0.05) is 6.07 Å². The molecule has 0 aromatic carbocycles.